The molecule has 1 aliphatic heterocycles. The number of allylic oxidation sites excluding steroid dienone is 2. The molecule has 13 heteroatoms. The van der Waals surface area contributed by atoms with E-state index in [9.17, 15) is 25.9 Å². The van der Waals surface area contributed by atoms with Gasteiger partial charge >= 0.3 is 15.6 Å². The summed E-state index contributed by atoms with van der Waals surface area (Å²) in [5.41, 5.74) is 0.613. The fourth-order valence-electron chi connectivity index (χ4n) is 6.79. The van der Waals surface area contributed by atoms with E-state index in [2.05, 4.69) is 0 Å². The molecule has 1 atom stereocenters. The van der Waals surface area contributed by atoms with Crippen LogP contribution in [0.4, 0.5) is 5.69 Å². The average molecular weight is 710 g/mol. The first kappa shape index (κ1) is 34.0. The van der Waals surface area contributed by atoms with Crippen molar-refractivity contribution in [3.63, 3.8) is 0 Å². The highest BCUT2D eigenvalue weighted by Crippen LogP contribution is 2.45. The van der Waals surface area contributed by atoms with Gasteiger partial charge in [0.05, 0.1) is 30.7 Å². The summed E-state index contributed by atoms with van der Waals surface area (Å²) < 4.78 is 81.4. The number of benzene rings is 4. The lowest BCUT2D eigenvalue weighted by molar-refractivity contribution is -1.05. The fraction of sp³-hybridized carbons (Fsp3) is 0.286. The molecule has 2 heterocycles. The van der Waals surface area contributed by atoms with Gasteiger partial charge in [0.15, 0.2) is 11.6 Å². The number of quaternary nitrogens is 1. The van der Waals surface area contributed by atoms with Gasteiger partial charge in [0.25, 0.3) is 15.1 Å². The molecule has 1 aliphatic rings. The summed E-state index contributed by atoms with van der Waals surface area (Å²) in [5.74, 6) is -0.0674. The maximum Gasteiger partial charge on any atom is 0.412 e. The van der Waals surface area contributed by atoms with Gasteiger partial charge in [-0.1, -0.05) is 72.9 Å². The third-order valence-corrected chi connectivity index (χ3v) is 12.2. The summed E-state index contributed by atoms with van der Waals surface area (Å²) >= 11 is 1.41. The first-order valence-corrected chi connectivity index (χ1v) is 19.8. The minimum atomic E-state index is -4.65. The van der Waals surface area contributed by atoms with Crippen molar-refractivity contribution in [3.8, 4) is 5.75 Å². The number of ether oxygens (including phenoxy) is 1. The standard InChI is InChI=1S/C35H37N3O7S3/c1-5-24(21-31-36(23-47(39,40)41)33-27-15-11-9-13-25(27)17-19-29(33)45-31)22-32-37(35(48(42,43)44)38(6-2,7-3)8-4)34-28-16-12-10-14-26(28)18-20-30(34)46-32/h9-22,35H,5-8,23H2,1-4H3/p+2. The van der Waals surface area contributed by atoms with Crippen molar-refractivity contribution in [1.29, 1.82) is 0 Å². The Hall–Kier alpha value is -3.85. The summed E-state index contributed by atoms with van der Waals surface area (Å²) in [6, 6.07) is 22.9. The van der Waals surface area contributed by atoms with Gasteiger partial charge in [0.2, 0.25) is 11.4 Å². The lowest BCUT2D eigenvalue weighted by atomic mass is 10.1. The van der Waals surface area contributed by atoms with Crippen LogP contribution in [0, 0.1) is 0 Å². The molecule has 0 amide bonds. The van der Waals surface area contributed by atoms with Crippen molar-refractivity contribution in [2.75, 3.05) is 30.4 Å². The molecular formula is C35H39N3O7S3+2. The van der Waals surface area contributed by atoms with Crippen LogP contribution in [0.5, 0.6) is 5.75 Å². The number of thiazole rings is 1. The van der Waals surface area contributed by atoms with Crippen LogP contribution < -0.4 is 14.2 Å². The number of fused-ring (bicyclic) bond motifs is 6. The van der Waals surface area contributed by atoms with Crippen molar-refractivity contribution in [1.82, 2.24) is 0 Å². The number of nitrogens with zero attached hydrogens (tertiary/aromatic N) is 3. The molecule has 0 aliphatic carbocycles. The Labute approximate surface area is 284 Å². The van der Waals surface area contributed by atoms with E-state index in [1.165, 1.54) is 16.2 Å². The Morgan fingerprint density at radius 1 is 0.875 bits per heavy atom. The summed E-state index contributed by atoms with van der Waals surface area (Å²) in [4.78, 5) is 1.44. The Balaban J connectivity index is 1.61. The number of aromatic nitrogens is 1. The molecule has 6 rings (SSSR count). The third-order valence-electron chi connectivity index (χ3n) is 9.33. The van der Waals surface area contributed by atoms with Gasteiger partial charge in [-0.05, 0) is 61.7 Å². The summed E-state index contributed by atoms with van der Waals surface area (Å²) in [6.07, 6.45) is 4.07. The predicted molar refractivity (Wildman–Crippen MR) is 192 cm³/mol. The minimum Gasteiger partial charge on any atom is -0.439 e. The highest BCUT2D eigenvalue weighted by atomic mass is 32.2. The highest BCUT2D eigenvalue weighted by Gasteiger charge is 2.52. The van der Waals surface area contributed by atoms with Crippen molar-refractivity contribution < 1.29 is 39.7 Å². The Morgan fingerprint density at radius 2 is 1.48 bits per heavy atom. The van der Waals surface area contributed by atoms with Crippen LogP contribution in [0.15, 0.2) is 90.3 Å². The molecular weight excluding hydrogens is 671 g/mol. The highest BCUT2D eigenvalue weighted by molar-refractivity contribution is 7.86. The van der Waals surface area contributed by atoms with Crippen molar-refractivity contribution >= 4 is 75.1 Å². The van der Waals surface area contributed by atoms with E-state index < -0.39 is 31.6 Å². The molecule has 252 valence electrons. The van der Waals surface area contributed by atoms with Gasteiger partial charge in [0.1, 0.15) is 4.70 Å². The maximum absolute atomic E-state index is 13.5. The van der Waals surface area contributed by atoms with Gasteiger partial charge in [-0.15, -0.1) is 4.57 Å². The van der Waals surface area contributed by atoms with Crippen LogP contribution in [0.1, 0.15) is 44.6 Å². The zero-order valence-electron chi connectivity index (χ0n) is 27.2. The molecule has 1 aromatic heterocycles. The molecule has 0 bridgehead atoms. The van der Waals surface area contributed by atoms with Crippen molar-refractivity contribution in [2.45, 2.75) is 39.6 Å². The number of hydrogen-bond acceptors (Lipinski definition) is 7. The zero-order chi connectivity index (χ0) is 34.4. The second kappa shape index (κ2) is 12.9. The zero-order valence-corrected chi connectivity index (χ0v) is 29.6. The van der Waals surface area contributed by atoms with E-state index in [0.717, 1.165) is 26.2 Å². The Morgan fingerprint density at radius 3 is 2.08 bits per heavy atom. The average Bonchev–Trinajstić information content (AvgIpc) is 3.59. The molecule has 48 heavy (non-hydrogen) atoms. The molecule has 0 radical (unpaired) electrons. The number of rotatable bonds is 11. The topological polar surface area (TPSA) is 125 Å². The second-order valence-electron chi connectivity index (χ2n) is 11.9. The van der Waals surface area contributed by atoms with E-state index in [-0.39, 0.29) is 10.4 Å². The van der Waals surface area contributed by atoms with Crippen LogP contribution in [-0.4, -0.2) is 55.9 Å². The molecule has 0 saturated heterocycles. The third kappa shape index (κ3) is 6.10. The molecule has 5 aromatic rings. The quantitative estimate of drug-likeness (QED) is 0.0846. The van der Waals surface area contributed by atoms with Gasteiger partial charge in [-0.3, -0.25) is 18.5 Å². The minimum absolute atomic E-state index is 0.0928. The normalized spacial score (nSPS) is 15.8. The van der Waals surface area contributed by atoms with Gasteiger partial charge in [-0.2, -0.15) is 16.8 Å². The van der Waals surface area contributed by atoms with Crippen molar-refractivity contribution in [2.24, 2.45) is 0 Å². The SMILES string of the molecule is CCC(=Cc1sc2ccc3ccccc3c2[n+]1C([N+](CC)(CC)CC)S(=O)(=O)O)C=C1Oc2ccc3ccccc3c2N1CS(=O)(=O)O. The maximum atomic E-state index is 13.5. The monoisotopic (exact) mass is 709 g/mol. The van der Waals surface area contributed by atoms with Gasteiger partial charge < -0.3 is 4.74 Å². The lowest BCUT2D eigenvalue weighted by Gasteiger charge is -2.36. The largest absolute Gasteiger partial charge is 0.439 e. The molecule has 2 N–H and O–H groups in total. The van der Waals surface area contributed by atoms with E-state index in [1.807, 2.05) is 101 Å². The molecule has 0 saturated carbocycles. The Kier molecular flexibility index (Phi) is 9.13. The Bertz CT molecular complexity index is 2320. The number of anilines is 1. The van der Waals surface area contributed by atoms with Crippen molar-refractivity contribution in [3.05, 3.63) is 95.3 Å². The summed E-state index contributed by atoms with van der Waals surface area (Å²) in [7, 11) is -9.11. The molecule has 0 spiro atoms. The second-order valence-corrected chi connectivity index (χ2v) is 15.8. The molecule has 10 nitrogen and oxygen atoms in total. The number of hydrogen-bond donors (Lipinski definition) is 2. The molecule has 4 aromatic carbocycles. The van der Waals surface area contributed by atoms with E-state index in [4.69, 9.17) is 4.74 Å². The van der Waals surface area contributed by atoms with E-state index in [1.54, 1.807) is 16.7 Å². The lowest BCUT2D eigenvalue weighted by Crippen LogP contribution is -2.64. The van der Waals surface area contributed by atoms with Crippen LogP contribution in [0.25, 0.3) is 37.8 Å². The molecule has 0 fully saturated rings. The van der Waals surface area contributed by atoms with Crippen LogP contribution in [0.2, 0.25) is 0 Å². The van der Waals surface area contributed by atoms with Gasteiger partial charge in [0, 0.05) is 17.5 Å². The first-order valence-electron chi connectivity index (χ1n) is 15.9. The van der Waals surface area contributed by atoms with E-state index in [0.29, 0.717) is 53.6 Å². The molecule has 1 unspecified atom stereocenters. The first-order chi connectivity index (χ1) is 22.8. The van der Waals surface area contributed by atoms with Crippen LogP contribution in [0.3, 0.4) is 0 Å². The van der Waals surface area contributed by atoms with Crippen LogP contribution in [-0.2, 0) is 20.2 Å². The summed E-state index contributed by atoms with van der Waals surface area (Å²) in [6.45, 7) is 9.11. The smallest absolute Gasteiger partial charge is 0.412 e. The fourth-order valence-corrected chi connectivity index (χ4v) is 10.1. The predicted octanol–water partition coefficient (Wildman–Crippen LogP) is 7.09. The summed E-state index contributed by atoms with van der Waals surface area (Å²) in [5, 5.41) is 4.04. The van der Waals surface area contributed by atoms with Gasteiger partial charge in [-0.25, -0.2) is 0 Å². The van der Waals surface area contributed by atoms with E-state index >= 15 is 0 Å². The van der Waals surface area contributed by atoms with Crippen LogP contribution >= 0.6 is 11.3 Å².